The maximum absolute atomic E-state index is 11.0. The third kappa shape index (κ3) is 1.71. The normalized spacial score (nSPS) is 31.0. The van der Waals surface area contributed by atoms with Gasteiger partial charge in [0.25, 0.3) is 0 Å². The molecule has 0 saturated carbocycles. The minimum Gasteiger partial charge on any atom is -0.391 e. The maximum atomic E-state index is 11.0. The highest BCUT2D eigenvalue weighted by atomic mass is 16.3. The summed E-state index contributed by atoms with van der Waals surface area (Å²) in [5.41, 5.74) is 0. The molecule has 1 aliphatic heterocycles. The molecule has 2 atom stereocenters. The molecule has 3 nitrogen and oxygen atoms in total. The van der Waals surface area contributed by atoms with Crippen LogP contribution < -0.4 is 0 Å². The van der Waals surface area contributed by atoms with Gasteiger partial charge in [0.05, 0.1) is 6.10 Å². The minimum absolute atomic E-state index is 0.0772. The van der Waals surface area contributed by atoms with Crippen molar-refractivity contribution in [1.82, 2.24) is 4.90 Å². The number of hydrogen-bond donors (Lipinski definition) is 1. The van der Waals surface area contributed by atoms with E-state index in [9.17, 15) is 9.90 Å². The van der Waals surface area contributed by atoms with Crippen molar-refractivity contribution in [3.8, 4) is 0 Å². The van der Waals surface area contributed by atoms with Crippen LogP contribution in [-0.4, -0.2) is 34.6 Å². The van der Waals surface area contributed by atoms with Gasteiger partial charge in [0.15, 0.2) is 0 Å². The van der Waals surface area contributed by atoms with E-state index in [1.54, 1.807) is 11.8 Å². The lowest BCUT2D eigenvalue weighted by molar-refractivity contribution is -0.129. The molecule has 1 rings (SSSR count). The molecule has 1 amide bonds. The van der Waals surface area contributed by atoms with E-state index in [2.05, 4.69) is 0 Å². The molecule has 0 aromatic carbocycles. The molecule has 3 heteroatoms. The second-order valence-corrected chi connectivity index (χ2v) is 3.12. The monoisotopic (exact) mass is 157 g/mol. The molecular formula is C8H15NO2. The topological polar surface area (TPSA) is 40.5 Å². The third-order valence-corrected chi connectivity index (χ3v) is 2.27. The largest absolute Gasteiger partial charge is 0.391 e. The summed E-state index contributed by atoms with van der Waals surface area (Å²) < 4.78 is 0. The van der Waals surface area contributed by atoms with Gasteiger partial charge < -0.3 is 10.0 Å². The van der Waals surface area contributed by atoms with Gasteiger partial charge in [0, 0.05) is 19.5 Å². The predicted molar refractivity (Wildman–Crippen MR) is 42.1 cm³/mol. The smallest absolute Gasteiger partial charge is 0.219 e. The molecule has 0 aromatic heterocycles. The number of β-amino-alcohol motifs (C(OH)–C–C–N with tert-alkyl or cyclic N) is 1. The first-order chi connectivity index (χ1) is 5.15. The van der Waals surface area contributed by atoms with Gasteiger partial charge in [-0.1, -0.05) is 6.92 Å². The van der Waals surface area contributed by atoms with Crippen molar-refractivity contribution < 1.29 is 9.90 Å². The number of aliphatic hydroxyl groups excluding tert-OH is 1. The third-order valence-electron chi connectivity index (χ3n) is 2.27. The summed E-state index contributed by atoms with van der Waals surface area (Å²) in [6, 6.07) is 0.266. The van der Waals surface area contributed by atoms with Crippen molar-refractivity contribution in [2.75, 3.05) is 6.54 Å². The van der Waals surface area contributed by atoms with Gasteiger partial charge in [-0.3, -0.25) is 4.79 Å². The van der Waals surface area contributed by atoms with Crippen LogP contribution in [0.4, 0.5) is 0 Å². The van der Waals surface area contributed by atoms with E-state index in [0.29, 0.717) is 6.54 Å². The molecule has 1 fully saturated rings. The molecule has 0 aromatic rings. The second-order valence-electron chi connectivity index (χ2n) is 3.12. The van der Waals surface area contributed by atoms with E-state index in [4.69, 9.17) is 0 Å². The number of carbonyl (C=O) groups is 1. The lowest BCUT2D eigenvalue weighted by atomic mass is 10.1. The highest BCUT2D eigenvalue weighted by Crippen LogP contribution is 2.19. The van der Waals surface area contributed by atoms with Gasteiger partial charge in [0.1, 0.15) is 0 Å². The standard InChI is InChI=1S/C8H15NO2/c1-3-7-4-8(11)5-9(7)6(2)10/h7-8,11H,3-5H2,1-2H3. The Morgan fingerprint density at radius 3 is 2.73 bits per heavy atom. The van der Waals surface area contributed by atoms with Crippen LogP contribution in [0.2, 0.25) is 0 Å². The van der Waals surface area contributed by atoms with Crippen LogP contribution in [-0.2, 0) is 4.79 Å². The SMILES string of the molecule is CCC1CC(O)CN1C(C)=O. The van der Waals surface area contributed by atoms with E-state index in [0.717, 1.165) is 12.8 Å². The molecule has 1 heterocycles. The predicted octanol–water partition coefficient (Wildman–Crippen LogP) is 0.378. The Bertz CT molecular complexity index is 158. The molecule has 0 bridgehead atoms. The van der Waals surface area contributed by atoms with Crippen molar-refractivity contribution in [1.29, 1.82) is 0 Å². The summed E-state index contributed by atoms with van der Waals surface area (Å²) in [7, 11) is 0. The number of hydrogen-bond acceptors (Lipinski definition) is 2. The second kappa shape index (κ2) is 3.22. The van der Waals surface area contributed by atoms with Crippen LogP contribution in [0.25, 0.3) is 0 Å². The zero-order valence-electron chi connectivity index (χ0n) is 7.08. The van der Waals surface area contributed by atoms with Gasteiger partial charge >= 0.3 is 0 Å². The Kier molecular flexibility index (Phi) is 2.49. The number of amides is 1. The van der Waals surface area contributed by atoms with Gasteiger partial charge in [0.2, 0.25) is 5.91 Å². The average molecular weight is 157 g/mol. The molecule has 0 radical (unpaired) electrons. The summed E-state index contributed by atoms with van der Waals surface area (Å²) in [6.07, 6.45) is 1.39. The van der Waals surface area contributed by atoms with Crippen LogP contribution in [0.3, 0.4) is 0 Å². The van der Waals surface area contributed by atoms with Gasteiger partial charge in [-0.2, -0.15) is 0 Å². The number of aliphatic hydroxyl groups is 1. The Balaban J connectivity index is 2.57. The lowest BCUT2D eigenvalue weighted by Crippen LogP contribution is -2.33. The van der Waals surface area contributed by atoms with E-state index >= 15 is 0 Å². The number of rotatable bonds is 1. The van der Waals surface area contributed by atoms with Crippen molar-refractivity contribution in [2.45, 2.75) is 38.8 Å². The molecule has 11 heavy (non-hydrogen) atoms. The lowest BCUT2D eigenvalue weighted by Gasteiger charge is -2.20. The summed E-state index contributed by atoms with van der Waals surface area (Å²) >= 11 is 0. The Morgan fingerprint density at radius 1 is 1.73 bits per heavy atom. The van der Waals surface area contributed by atoms with E-state index < -0.39 is 0 Å². The van der Waals surface area contributed by atoms with Crippen LogP contribution in [0.1, 0.15) is 26.7 Å². The zero-order valence-corrected chi connectivity index (χ0v) is 7.08. The summed E-state index contributed by atoms with van der Waals surface area (Å²) in [5, 5.41) is 9.26. The van der Waals surface area contributed by atoms with Crippen LogP contribution in [0.5, 0.6) is 0 Å². The fourth-order valence-electron chi connectivity index (χ4n) is 1.66. The Morgan fingerprint density at radius 2 is 2.36 bits per heavy atom. The summed E-state index contributed by atoms with van der Waals surface area (Å²) in [5.74, 6) is 0.0772. The number of carbonyl (C=O) groups excluding carboxylic acids is 1. The van der Waals surface area contributed by atoms with Crippen molar-refractivity contribution in [2.24, 2.45) is 0 Å². The first kappa shape index (κ1) is 8.53. The Labute approximate surface area is 67.0 Å². The highest BCUT2D eigenvalue weighted by molar-refractivity contribution is 5.74. The summed E-state index contributed by atoms with van der Waals surface area (Å²) in [6.45, 7) is 4.12. The van der Waals surface area contributed by atoms with Crippen LogP contribution in [0.15, 0.2) is 0 Å². The van der Waals surface area contributed by atoms with Crippen molar-refractivity contribution in [3.05, 3.63) is 0 Å². The summed E-state index contributed by atoms with van der Waals surface area (Å²) in [4.78, 5) is 12.7. The molecule has 0 aliphatic carbocycles. The van der Waals surface area contributed by atoms with E-state index in [1.807, 2.05) is 6.92 Å². The number of likely N-dealkylation sites (tertiary alicyclic amines) is 1. The first-order valence-electron chi connectivity index (χ1n) is 4.10. The maximum Gasteiger partial charge on any atom is 0.219 e. The Hall–Kier alpha value is -0.570. The van der Waals surface area contributed by atoms with Gasteiger partial charge in [-0.15, -0.1) is 0 Å². The average Bonchev–Trinajstić information content (AvgIpc) is 2.30. The van der Waals surface area contributed by atoms with E-state index in [1.165, 1.54) is 0 Å². The fourth-order valence-corrected chi connectivity index (χ4v) is 1.66. The zero-order chi connectivity index (χ0) is 8.43. The van der Waals surface area contributed by atoms with Crippen molar-refractivity contribution in [3.63, 3.8) is 0 Å². The van der Waals surface area contributed by atoms with Crippen LogP contribution in [0, 0.1) is 0 Å². The van der Waals surface area contributed by atoms with Gasteiger partial charge in [-0.05, 0) is 12.8 Å². The quantitative estimate of drug-likeness (QED) is 0.597. The van der Waals surface area contributed by atoms with Crippen LogP contribution >= 0.6 is 0 Å². The van der Waals surface area contributed by atoms with E-state index in [-0.39, 0.29) is 18.1 Å². The molecule has 1 aliphatic rings. The molecule has 1 saturated heterocycles. The first-order valence-corrected chi connectivity index (χ1v) is 4.10. The molecule has 1 N–H and O–H groups in total. The van der Waals surface area contributed by atoms with Crippen molar-refractivity contribution >= 4 is 5.91 Å². The minimum atomic E-state index is -0.302. The highest BCUT2D eigenvalue weighted by Gasteiger charge is 2.30. The molecule has 64 valence electrons. The van der Waals surface area contributed by atoms with Gasteiger partial charge in [-0.25, -0.2) is 0 Å². The number of nitrogens with zero attached hydrogens (tertiary/aromatic N) is 1. The fraction of sp³-hybridized carbons (Fsp3) is 0.875. The molecule has 2 unspecified atom stereocenters. The molecule has 0 spiro atoms. The molecular weight excluding hydrogens is 142 g/mol.